The molecule has 1 rings (SSSR count). The summed E-state index contributed by atoms with van der Waals surface area (Å²) >= 11 is 0. The van der Waals surface area contributed by atoms with Crippen LogP contribution in [0.5, 0.6) is 0 Å². The topological polar surface area (TPSA) is 37.4 Å². The Morgan fingerprint density at radius 3 is 2.47 bits per heavy atom. The van der Waals surface area contributed by atoms with Crippen molar-refractivity contribution in [3.8, 4) is 0 Å². The van der Waals surface area contributed by atoms with Gasteiger partial charge in [0.05, 0.1) is 6.04 Å². The number of carbonyl (C=O) groups is 2. The van der Waals surface area contributed by atoms with E-state index < -0.39 is 0 Å². The fourth-order valence-electron chi connectivity index (χ4n) is 1.17. The molecule has 3 heteroatoms. The van der Waals surface area contributed by atoms with Crippen LogP contribution in [-0.4, -0.2) is 23.3 Å². The zero-order valence-corrected chi connectivity index (χ0v) is 8.59. The van der Waals surface area contributed by atoms with E-state index in [-0.39, 0.29) is 11.9 Å². The van der Waals surface area contributed by atoms with Crippen molar-refractivity contribution < 1.29 is 9.59 Å². The Balaban J connectivity index is 2.92. The minimum Gasteiger partial charge on any atom is -0.278 e. The fourth-order valence-corrected chi connectivity index (χ4v) is 1.17. The van der Waals surface area contributed by atoms with E-state index in [2.05, 4.69) is 6.58 Å². The highest BCUT2D eigenvalue weighted by Gasteiger charge is 2.18. The van der Waals surface area contributed by atoms with Crippen molar-refractivity contribution in [2.24, 2.45) is 0 Å². The number of hydrogen-bond donors (Lipinski definition) is 0. The first-order valence-electron chi connectivity index (χ1n) is 4.66. The average Bonchev–Trinajstić information content (AvgIpc) is 2.30. The SMILES string of the molecule is C=C[C@@H](C)N(C=O)C(=O)c1ccccc1. The maximum Gasteiger partial charge on any atom is 0.260 e. The van der Waals surface area contributed by atoms with E-state index in [0.717, 1.165) is 4.90 Å². The first-order valence-corrected chi connectivity index (χ1v) is 4.66. The van der Waals surface area contributed by atoms with Crippen molar-refractivity contribution in [2.45, 2.75) is 13.0 Å². The number of hydrogen-bond acceptors (Lipinski definition) is 2. The monoisotopic (exact) mass is 203 g/mol. The molecule has 0 N–H and O–H groups in total. The van der Waals surface area contributed by atoms with Crippen LogP contribution in [0.1, 0.15) is 17.3 Å². The molecule has 78 valence electrons. The third-order valence-corrected chi connectivity index (χ3v) is 2.15. The molecule has 1 aromatic rings. The molecule has 2 amide bonds. The highest BCUT2D eigenvalue weighted by atomic mass is 16.2. The molecule has 0 aliphatic heterocycles. The van der Waals surface area contributed by atoms with E-state index in [1.165, 1.54) is 0 Å². The maximum absolute atomic E-state index is 11.8. The van der Waals surface area contributed by atoms with Crippen LogP contribution in [0.4, 0.5) is 0 Å². The van der Waals surface area contributed by atoms with Gasteiger partial charge in [0, 0.05) is 5.56 Å². The molecule has 0 saturated carbocycles. The second-order valence-corrected chi connectivity index (χ2v) is 3.16. The van der Waals surface area contributed by atoms with E-state index in [0.29, 0.717) is 12.0 Å². The van der Waals surface area contributed by atoms with Gasteiger partial charge in [-0.05, 0) is 19.1 Å². The summed E-state index contributed by atoms with van der Waals surface area (Å²) in [6, 6.07) is 8.39. The summed E-state index contributed by atoms with van der Waals surface area (Å²) in [5, 5.41) is 0. The second kappa shape index (κ2) is 5.10. The summed E-state index contributed by atoms with van der Waals surface area (Å²) in [6.45, 7) is 5.29. The number of benzene rings is 1. The van der Waals surface area contributed by atoms with E-state index in [1.807, 2.05) is 6.07 Å². The van der Waals surface area contributed by atoms with Crippen LogP contribution in [0.2, 0.25) is 0 Å². The average molecular weight is 203 g/mol. The van der Waals surface area contributed by atoms with Gasteiger partial charge in [0.15, 0.2) is 0 Å². The smallest absolute Gasteiger partial charge is 0.260 e. The number of carbonyl (C=O) groups excluding carboxylic acids is 2. The van der Waals surface area contributed by atoms with Gasteiger partial charge in [-0.2, -0.15) is 0 Å². The van der Waals surface area contributed by atoms with Gasteiger partial charge in [-0.1, -0.05) is 24.3 Å². The molecule has 0 radical (unpaired) electrons. The van der Waals surface area contributed by atoms with Gasteiger partial charge in [0.1, 0.15) is 0 Å². The number of amides is 2. The molecule has 0 spiro atoms. The summed E-state index contributed by atoms with van der Waals surface area (Å²) in [6.07, 6.45) is 2.08. The minimum atomic E-state index is -0.307. The van der Waals surface area contributed by atoms with Crippen LogP contribution in [0.25, 0.3) is 0 Å². The molecular weight excluding hydrogens is 190 g/mol. The van der Waals surface area contributed by atoms with Crippen molar-refractivity contribution in [2.75, 3.05) is 0 Å². The molecule has 1 aromatic carbocycles. The summed E-state index contributed by atoms with van der Waals surface area (Å²) in [5.74, 6) is -0.307. The maximum atomic E-state index is 11.8. The van der Waals surface area contributed by atoms with E-state index in [9.17, 15) is 9.59 Å². The molecule has 3 nitrogen and oxygen atoms in total. The van der Waals surface area contributed by atoms with Crippen molar-refractivity contribution in [1.29, 1.82) is 0 Å². The quantitative estimate of drug-likeness (QED) is 0.553. The lowest BCUT2D eigenvalue weighted by Gasteiger charge is -2.20. The Morgan fingerprint density at radius 2 is 2.00 bits per heavy atom. The molecule has 0 aliphatic rings. The molecule has 0 aromatic heterocycles. The number of imide groups is 1. The van der Waals surface area contributed by atoms with Gasteiger partial charge in [-0.15, -0.1) is 6.58 Å². The molecule has 0 heterocycles. The Hall–Kier alpha value is -1.90. The zero-order valence-electron chi connectivity index (χ0n) is 8.59. The van der Waals surface area contributed by atoms with E-state index in [4.69, 9.17) is 0 Å². The summed E-state index contributed by atoms with van der Waals surface area (Å²) in [7, 11) is 0. The molecule has 0 aliphatic carbocycles. The van der Waals surface area contributed by atoms with Crippen LogP contribution >= 0.6 is 0 Å². The molecule has 15 heavy (non-hydrogen) atoms. The number of rotatable bonds is 4. The highest BCUT2D eigenvalue weighted by molar-refractivity contribution is 6.00. The predicted octanol–water partition coefficient (Wildman–Crippen LogP) is 1.86. The number of nitrogens with zero attached hydrogens (tertiary/aromatic N) is 1. The van der Waals surface area contributed by atoms with E-state index in [1.54, 1.807) is 37.3 Å². The predicted molar refractivity (Wildman–Crippen MR) is 58.3 cm³/mol. The van der Waals surface area contributed by atoms with Gasteiger partial charge in [0.25, 0.3) is 5.91 Å². The first-order chi connectivity index (χ1) is 7.20. The van der Waals surface area contributed by atoms with Crippen LogP contribution in [-0.2, 0) is 4.79 Å². The summed E-state index contributed by atoms with van der Waals surface area (Å²) in [5.41, 5.74) is 0.498. The van der Waals surface area contributed by atoms with Crippen LogP contribution in [0, 0.1) is 0 Å². The normalized spacial score (nSPS) is 11.5. The Labute approximate surface area is 89.0 Å². The highest BCUT2D eigenvalue weighted by Crippen LogP contribution is 2.06. The summed E-state index contributed by atoms with van der Waals surface area (Å²) < 4.78 is 0. The lowest BCUT2D eigenvalue weighted by atomic mass is 10.2. The Bertz CT molecular complexity index is 359. The Morgan fingerprint density at radius 1 is 1.40 bits per heavy atom. The second-order valence-electron chi connectivity index (χ2n) is 3.16. The lowest BCUT2D eigenvalue weighted by molar-refractivity contribution is -0.116. The van der Waals surface area contributed by atoms with Gasteiger partial charge in [-0.25, -0.2) is 0 Å². The molecule has 0 unspecified atom stereocenters. The van der Waals surface area contributed by atoms with Crippen molar-refractivity contribution in [3.05, 3.63) is 48.6 Å². The van der Waals surface area contributed by atoms with Crippen LogP contribution < -0.4 is 0 Å². The minimum absolute atomic E-state index is 0.296. The van der Waals surface area contributed by atoms with Gasteiger partial charge in [-0.3, -0.25) is 14.5 Å². The molecule has 1 atom stereocenters. The molecule has 0 fully saturated rings. The van der Waals surface area contributed by atoms with Crippen molar-refractivity contribution in [1.82, 2.24) is 4.90 Å². The van der Waals surface area contributed by atoms with Gasteiger partial charge in [0.2, 0.25) is 6.41 Å². The summed E-state index contributed by atoms with van der Waals surface area (Å²) in [4.78, 5) is 23.7. The van der Waals surface area contributed by atoms with Crippen LogP contribution in [0.3, 0.4) is 0 Å². The largest absolute Gasteiger partial charge is 0.278 e. The zero-order chi connectivity index (χ0) is 11.3. The molecular formula is C12H13NO2. The van der Waals surface area contributed by atoms with Crippen molar-refractivity contribution >= 4 is 12.3 Å². The van der Waals surface area contributed by atoms with Crippen LogP contribution in [0.15, 0.2) is 43.0 Å². The first kappa shape index (κ1) is 11.2. The third-order valence-electron chi connectivity index (χ3n) is 2.15. The molecule has 0 saturated heterocycles. The lowest BCUT2D eigenvalue weighted by Crippen LogP contribution is -2.36. The standard InChI is InChI=1S/C12H13NO2/c1-3-10(2)13(9-14)12(15)11-7-5-4-6-8-11/h3-10H,1H2,2H3/t10-/m1/s1. The van der Waals surface area contributed by atoms with Crippen molar-refractivity contribution in [3.63, 3.8) is 0 Å². The fraction of sp³-hybridized carbons (Fsp3) is 0.167. The van der Waals surface area contributed by atoms with Gasteiger partial charge < -0.3 is 0 Å². The molecule has 0 bridgehead atoms. The van der Waals surface area contributed by atoms with Gasteiger partial charge >= 0.3 is 0 Å². The van der Waals surface area contributed by atoms with E-state index >= 15 is 0 Å². The Kier molecular flexibility index (Phi) is 3.80. The third kappa shape index (κ3) is 2.53.